The summed E-state index contributed by atoms with van der Waals surface area (Å²) in [5.74, 6) is 0.132. The average molecular weight is 282 g/mol. The number of ether oxygens (including phenoxy) is 1. The van der Waals surface area contributed by atoms with E-state index in [1.54, 1.807) is 18.4 Å². The van der Waals surface area contributed by atoms with E-state index in [1.165, 1.54) is 4.88 Å². The van der Waals surface area contributed by atoms with Crippen LogP contribution in [0.25, 0.3) is 0 Å². The fourth-order valence-electron chi connectivity index (χ4n) is 2.54. The maximum atomic E-state index is 12.8. The lowest BCUT2D eigenvalue weighted by molar-refractivity contribution is -0.158. The van der Waals surface area contributed by atoms with Gasteiger partial charge in [0.2, 0.25) is 0 Å². The second kappa shape index (κ2) is 6.50. The minimum atomic E-state index is -0.626. The van der Waals surface area contributed by atoms with Crippen LogP contribution in [0.4, 0.5) is 0 Å². The summed E-state index contributed by atoms with van der Waals surface area (Å²) in [4.78, 5) is 15.9. The third-order valence-electron chi connectivity index (χ3n) is 3.79. The molecule has 2 heterocycles. The number of likely N-dealkylation sites (N-methyl/N-ethyl adjacent to an activating group) is 1. The molecule has 0 bridgehead atoms. The molecule has 4 nitrogen and oxygen atoms in total. The van der Waals surface area contributed by atoms with Gasteiger partial charge in [0.15, 0.2) is 0 Å². The van der Waals surface area contributed by atoms with Gasteiger partial charge >= 0.3 is 0 Å². The summed E-state index contributed by atoms with van der Waals surface area (Å²) in [6.45, 7) is 5.11. The molecule has 0 aromatic carbocycles. The van der Waals surface area contributed by atoms with Crippen LogP contribution in [0, 0.1) is 0 Å². The SMILES string of the molecule is CCN(Cc1cccs1)C(=O)C1(OC)CCNCC1. The lowest BCUT2D eigenvalue weighted by Gasteiger charge is -2.38. The zero-order valence-corrected chi connectivity index (χ0v) is 12.5. The molecular weight excluding hydrogens is 260 g/mol. The van der Waals surface area contributed by atoms with Gasteiger partial charge in [-0.2, -0.15) is 0 Å². The van der Waals surface area contributed by atoms with Gasteiger partial charge in [0.1, 0.15) is 5.60 Å². The number of hydrogen-bond acceptors (Lipinski definition) is 4. The number of piperidine rings is 1. The fourth-order valence-corrected chi connectivity index (χ4v) is 3.26. The van der Waals surface area contributed by atoms with Crippen molar-refractivity contribution >= 4 is 17.2 Å². The van der Waals surface area contributed by atoms with Crippen molar-refractivity contribution in [2.75, 3.05) is 26.7 Å². The Balaban J connectivity index is 2.10. The van der Waals surface area contributed by atoms with E-state index in [0.717, 1.165) is 32.5 Å². The second-order valence-corrected chi connectivity index (χ2v) is 5.88. The third kappa shape index (κ3) is 3.16. The fraction of sp³-hybridized carbons (Fsp3) is 0.643. The van der Waals surface area contributed by atoms with Crippen molar-refractivity contribution in [3.63, 3.8) is 0 Å². The monoisotopic (exact) mass is 282 g/mol. The number of nitrogens with zero attached hydrogens (tertiary/aromatic N) is 1. The largest absolute Gasteiger partial charge is 0.368 e. The van der Waals surface area contributed by atoms with Crippen LogP contribution in [0.3, 0.4) is 0 Å². The van der Waals surface area contributed by atoms with E-state index >= 15 is 0 Å². The lowest BCUT2D eigenvalue weighted by Crippen LogP contribution is -2.55. The maximum absolute atomic E-state index is 12.8. The van der Waals surface area contributed by atoms with Gasteiger partial charge in [-0.3, -0.25) is 4.79 Å². The third-order valence-corrected chi connectivity index (χ3v) is 4.65. The number of carbonyl (C=O) groups is 1. The molecule has 1 amide bonds. The van der Waals surface area contributed by atoms with Gasteiger partial charge in [0.05, 0.1) is 6.54 Å². The first-order chi connectivity index (χ1) is 9.22. The van der Waals surface area contributed by atoms with Crippen molar-refractivity contribution in [2.24, 2.45) is 0 Å². The smallest absolute Gasteiger partial charge is 0.255 e. The minimum Gasteiger partial charge on any atom is -0.368 e. The summed E-state index contributed by atoms with van der Waals surface area (Å²) in [5.41, 5.74) is -0.626. The van der Waals surface area contributed by atoms with Gasteiger partial charge in [-0.15, -0.1) is 11.3 Å². The maximum Gasteiger partial charge on any atom is 0.255 e. The van der Waals surface area contributed by atoms with Gasteiger partial charge in [-0.05, 0) is 44.3 Å². The Labute approximate surface area is 118 Å². The van der Waals surface area contributed by atoms with Crippen LogP contribution in [0.15, 0.2) is 17.5 Å². The number of methoxy groups -OCH3 is 1. The van der Waals surface area contributed by atoms with Gasteiger partial charge in [0, 0.05) is 18.5 Å². The van der Waals surface area contributed by atoms with Crippen molar-refractivity contribution in [1.82, 2.24) is 10.2 Å². The van der Waals surface area contributed by atoms with Crippen LogP contribution < -0.4 is 5.32 Å². The molecule has 0 spiro atoms. The summed E-state index contributed by atoms with van der Waals surface area (Å²) in [6.07, 6.45) is 1.51. The van der Waals surface area contributed by atoms with Crippen LogP contribution in [0.1, 0.15) is 24.6 Å². The predicted molar refractivity (Wildman–Crippen MR) is 77.3 cm³/mol. The average Bonchev–Trinajstić information content (AvgIpc) is 2.97. The first kappa shape index (κ1) is 14.5. The molecule has 1 fully saturated rings. The summed E-state index contributed by atoms with van der Waals surface area (Å²) >= 11 is 1.69. The van der Waals surface area contributed by atoms with E-state index in [9.17, 15) is 4.79 Å². The van der Waals surface area contributed by atoms with Crippen LogP contribution in [-0.4, -0.2) is 43.2 Å². The molecule has 1 aromatic rings. The molecular formula is C14H22N2O2S. The highest BCUT2D eigenvalue weighted by atomic mass is 32.1. The summed E-state index contributed by atoms with van der Waals surface area (Å²) in [5, 5.41) is 5.33. The molecule has 0 radical (unpaired) electrons. The highest BCUT2D eigenvalue weighted by Gasteiger charge is 2.42. The molecule has 2 rings (SSSR count). The molecule has 19 heavy (non-hydrogen) atoms. The van der Waals surface area contributed by atoms with Gasteiger partial charge in [-0.1, -0.05) is 6.07 Å². The molecule has 0 aliphatic carbocycles. The van der Waals surface area contributed by atoms with Crippen LogP contribution >= 0.6 is 11.3 Å². The highest BCUT2D eigenvalue weighted by Crippen LogP contribution is 2.26. The van der Waals surface area contributed by atoms with Crippen molar-refractivity contribution in [3.8, 4) is 0 Å². The van der Waals surface area contributed by atoms with E-state index in [-0.39, 0.29) is 5.91 Å². The Kier molecular flexibility index (Phi) is 4.96. The molecule has 0 unspecified atom stereocenters. The quantitative estimate of drug-likeness (QED) is 0.896. The van der Waals surface area contributed by atoms with Gasteiger partial charge in [-0.25, -0.2) is 0 Å². The molecule has 1 aliphatic rings. The molecule has 0 saturated carbocycles. The zero-order chi connectivity index (χ0) is 13.7. The first-order valence-corrected chi connectivity index (χ1v) is 7.67. The van der Waals surface area contributed by atoms with E-state index in [1.807, 2.05) is 23.3 Å². The van der Waals surface area contributed by atoms with E-state index in [0.29, 0.717) is 6.54 Å². The zero-order valence-electron chi connectivity index (χ0n) is 11.6. The summed E-state index contributed by atoms with van der Waals surface area (Å²) in [7, 11) is 1.65. The first-order valence-electron chi connectivity index (χ1n) is 6.79. The number of thiophene rings is 1. The molecule has 0 atom stereocenters. The standard InChI is InChI=1S/C14H22N2O2S/c1-3-16(11-12-5-4-10-19-12)13(17)14(18-2)6-8-15-9-7-14/h4-5,10,15H,3,6-9,11H2,1-2H3. The normalized spacial score (nSPS) is 18.2. The van der Waals surface area contributed by atoms with E-state index in [4.69, 9.17) is 4.74 Å². The van der Waals surface area contributed by atoms with Crippen LogP contribution in [0.2, 0.25) is 0 Å². The van der Waals surface area contributed by atoms with E-state index < -0.39 is 5.60 Å². The number of nitrogens with one attached hydrogen (secondary N) is 1. The molecule has 106 valence electrons. The Hall–Kier alpha value is -0.910. The number of hydrogen-bond donors (Lipinski definition) is 1. The summed E-state index contributed by atoms with van der Waals surface area (Å²) in [6, 6.07) is 4.09. The predicted octanol–water partition coefficient (Wildman–Crippen LogP) is 1.87. The number of carbonyl (C=O) groups excluding carboxylic acids is 1. The molecule has 1 aliphatic heterocycles. The van der Waals surface area contributed by atoms with E-state index in [2.05, 4.69) is 11.4 Å². The molecule has 1 aromatic heterocycles. The number of rotatable bonds is 5. The van der Waals surface area contributed by atoms with Gasteiger partial charge in [0.25, 0.3) is 5.91 Å². The van der Waals surface area contributed by atoms with Crippen molar-refractivity contribution < 1.29 is 9.53 Å². The Bertz CT molecular complexity index is 400. The highest BCUT2D eigenvalue weighted by molar-refractivity contribution is 7.09. The van der Waals surface area contributed by atoms with Crippen LogP contribution in [-0.2, 0) is 16.1 Å². The summed E-state index contributed by atoms with van der Waals surface area (Å²) < 4.78 is 5.61. The minimum absolute atomic E-state index is 0.132. The molecule has 1 N–H and O–H groups in total. The van der Waals surface area contributed by atoms with Crippen LogP contribution in [0.5, 0.6) is 0 Å². The Morgan fingerprint density at radius 2 is 2.26 bits per heavy atom. The molecule has 5 heteroatoms. The number of amides is 1. The second-order valence-electron chi connectivity index (χ2n) is 4.85. The van der Waals surface area contributed by atoms with Crippen molar-refractivity contribution in [1.29, 1.82) is 0 Å². The Morgan fingerprint density at radius 3 is 2.79 bits per heavy atom. The Morgan fingerprint density at radius 1 is 1.53 bits per heavy atom. The van der Waals surface area contributed by atoms with Gasteiger partial charge < -0.3 is 15.0 Å². The lowest BCUT2D eigenvalue weighted by atomic mass is 9.90. The molecule has 1 saturated heterocycles. The van der Waals surface area contributed by atoms with Crippen molar-refractivity contribution in [3.05, 3.63) is 22.4 Å². The topological polar surface area (TPSA) is 41.6 Å². The van der Waals surface area contributed by atoms with Crippen molar-refractivity contribution in [2.45, 2.75) is 31.9 Å².